The summed E-state index contributed by atoms with van der Waals surface area (Å²) in [5, 5.41) is 14.9. The van der Waals surface area contributed by atoms with Crippen molar-refractivity contribution < 1.29 is 9.94 Å². The maximum absolute atomic E-state index is 9.33. The lowest BCUT2D eigenvalue weighted by atomic mass is 10.1. The lowest BCUT2D eigenvalue weighted by Gasteiger charge is -2.08. The number of nitrogens with zero attached hydrogens (tertiary/aromatic N) is 4. The molecule has 0 aliphatic heterocycles. The van der Waals surface area contributed by atoms with Crippen LogP contribution >= 0.6 is 0 Å². The van der Waals surface area contributed by atoms with Crippen LogP contribution in [-0.4, -0.2) is 25.6 Å². The Balaban J connectivity index is 1.57. The minimum atomic E-state index is 0.343. The zero-order valence-corrected chi connectivity index (χ0v) is 14.1. The molecule has 1 N–H and O–H groups in total. The van der Waals surface area contributed by atoms with E-state index in [1.54, 1.807) is 35.4 Å². The number of imidazole rings is 1. The number of benzene rings is 2. The third kappa shape index (κ3) is 3.12. The van der Waals surface area contributed by atoms with Gasteiger partial charge in [0.1, 0.15) is 12.1 Å². The summed E-state index contributed by atoms with van der Waals surface area (Å²) in [5.74, 6) is 1.52. The van der Waals surface area contributed by atoms with Gasteiger partial charge < -0.3 is 9.94 Å². The van der Waals surface area contributed by atoms with Gasteiger partial charge in [0.05, 0.1) is 5.69 Å². The first-order valence-corrected chi connectivity index (χ1v) is 8.09. The van der Waals surface area contributed by atoms with Crippen LogP contribution in [0.4, 0.5) is 0 Å². The molecule has 128 valence electrons. The van der Waals surface area contributed by atoms with Crippen LogP contribution in [0.5, 0.6) is 11.6 Å². The molecule has 6 nitrogen and oxygen atoms in total. The van der Waals surface area contributed by atoms with Crippen LogP contribution < -0.4 is 4.74 Å². The predicted molar refractivity (Wildman–Crippen MR) is 98.9 cm³/mol. The molecule has 0 saturated carbocycles. The molecule has 0 amide bonds. The molecule has 2 heterocycles. The summed E-state index contributed by atoms with van der Waals surface area (Å²) >= 11 is 0. The molecule has 26 heavy (non-hydrogen) atoms. The van der Waals surface area contributed by atoms with Crippen molar-refractivity contribution in [1.29, 1.82) is 0 Å². The fourth-order valence-electron chi connectivity index (χ4n) is 2.72. The molecule has 4 rings (SSSR count). The highest BCUT2D eigenvalue weighted by atomic mass is 16.5. The van der Waals surface area contributed by atoms with Gasteiger partial charge in [-0.05, 0) is 35.9 Å². The molecule has 0 bridgehead atoms. The number of rotatable bonds is 3. The van der Waals surface area contributed by atoms with Gasteiger partial charge in [-0.2, -0.15) is 0 Å². The van der Waals surface area contributed by atoms with Gasteiger partial charge in [-0.3, -0.25) is 4.57 Å². The summed E-state index contributed by atoms with van der Waals surface area (Å²) < 4.78 is 7.47. The van der Waals surface area contributed by atoms with Crippen LogP contribution in [0.3, 0.4) is 0 Å². The molecule has 0 radical (unpaired) electrons. The number of oxime groups is 1. The molecule has 4 aromatic rings. The topological polar surface area (TPSA) is 72.5 Å². The minimum absolute atomic E-state index is 0.343. The Morgan fingerprint density at radius 3 is 2.58 bits per heavy atom. The first-order chi connectivity index (χ1) is 12.7. The van der Waals surface area contributed by atoms with Crippen LogP contribution in [-0.2, 0) is 0 Å². The van der Waals surface area contributed by atoms with E-state index in [0.29, 0.717) is 23.0 Å². The van der Waals surface area contributed by atoms with E-state index < -0.39 is 0 Å². The Morgan fingerprint density at radius 2 is 1.88 bits per heavy atom. The van der Waals surface area contributed by atoms with Gasteiger partial charge in [0, 0.05) is 24.0 Å². The number of ether oxygens (including phenoxy) is 1. The van der Waals surface area contributed by atoms with Crippen LogP contribution in [0.25, 0.3) is 10.8 Å². The average Bonchev–Trinajstić information content (AvgIpc) is 3.10. The second-order valence-corrected chi connectivity index (χ2v) is 5.84. The van der Waals surface area contributed by atoms with Gasteiger partial charge in [0.2, 0.25) is 5.88 Å². The summed E-state index contributed by atoms with van der Waals surface area (Å²) in [6.07, 6.45) is 4.96. The largest absolute Gasteiger partial charge is 0.439 e. The molecule has 0 aliphatic carbocycles. The quantitative estimate of drug-likeness (QED) is 0.261. The lowest BCUT2D eigenvalue weighted by molar-refractivity contribution is 0.317. The number of hydrogen-bond donors (Lipinski definition) is 1. The first kappa shape index (κ1) is 15.8. The van der Waals surface area contributed by atoms with E-state index >= 15 is 0 Å². The second kappa shape index (κ2) is 6.68. The monoisotopic (exact) mass is 344 g/mol. The van der Waals surface area contributed by atoms with Crippen molar-refractivity contribution in [2.24, 2.45) is 5.16 Å². The second-order valence-electron chi connectivity index (χ2n) is 5.84. The van der Waals surface area contributed by atoms with Gasteiger partial charge in [-0.1, -0.05) is 35.5 Å². The third-order valence-corrected chi connectivity index (χ3v) is 3.99. The summed E-state index contributed by atoms with van der Waals surface area (Å²) in [6.45, 7) is 1.87. The van der Waals surface area contributed by atoms with E-state index in [4.69, 9.17) is 4.74 Å². The normalized spacial score (nSPS) is 11.7. The molecule has 0 fully saturated rings. The van der Waals surface area contributed by atoms with Gasteiger partial charge >= 0.3 is 0 Å². The van der Waals surface area contributed by atoms with Gasteiger partial charge in [-0.25, -0.2) is 9.97 Å². The standard InChI is InChI=1S/C20H16N4O2/c1-14-12-24(13-22-14)20(23-25)17-7-9-19(21-11-17)26-18-8-6-15-4-2-3-5-16(15)10-18/h2-13,25H,1H3/b23-20-. The molecule has 0 aliphatic rings. The molecule has 2 aromatic carbocycles. The molecule has 0 atom stereocenters. The van der Waals surface area contributed by atoms with Crippen molar-refractivity contribution in [2.45, 2.75) is 6.92 Å². The van der Waals surface area contributed by atoms with Crippen molar-refractivity contribution in [3.8, 4) is 11.6 Å². The zero-order valence-electron chi connectivity index (χ0n) is 14.1. The molecule has 2 aromatic heterocycles. The zero-order chi connectivity index (χ0) is 17.9. The van der Waals surface area contributed by atoms with E-state index in [0.717, 1.165) is 16.5 Å². The Labute approximate surface area is 150 Å². The molecular formula is C20H16N4O2. The number of hydrogen-bond acceptors (Lipinski definition) is 5. The van der Waals surface area contributed by atoms with E-state index in [-0.39, 0.29) is 0 Å². The number of aromatic nitrogens is 3. The maximum atomic E-state index is 9.33. The van der Waals surface area contributed by atoms with E-state index in [2.05, 4.69) is 21.2 Å². The van der Waals surface area contributed by atoms with Gasteiger partial charge in [0.15, 0.2) is 5.84 Å². The molecular weight excluding hydrogens is 328 g/mol. The summed E-state index contributed by atoms with van der Waals surface area (Å²) in [7, 11) is 0. The lowest BCUT2D eigenvalue weighted by Crippen LogP contribution is -2.12. The molecule has 0 unspecified atom stereocenters. The Bertz CT molecular complexity index is 1080. The highest BCUT2D eigenvalue weighted by Crippen LogP contribution is 2.24. The van der Waals surface area contributed by atoms with Gasteiger partial charge in [0.25, 0.3) is 0 Å². The van der Waals surface area contributed by atoms with Crippen molar-refractivity contribution in [2.75, 3.05) is 0 Å². The highest BCUT2D eigenvalue weighted by molar-refractivity contribution is 5.99. The predicted octanol–water partition coefficient (Wildman–Crippen LogP) is 4.22. The molecule has 6 heteroatoms. The van der Waals surface area contributed by atoms with Crippen LogP contribution in [0.2, 0.25) is 0 Å². The maximum Gasteiger partial charge on any atom is 0.219 e. The third-order valence-electron chi connectivity index (χ3n) is 3.99. The fraction of sp³-hybridized carbons (Fsp3) is 0.0500. The SMILES string of the molecule is Cc1cn(/C(=N\O)c2ccc(Oc3ccc4ccccc4c3)nc2)cn1. The Hall–Kier alpha value is -3.67. The van der Waals surface area contributed by atoms with E-state index in [1.807, 2.05) is 43.3 Å². The van der Waals surface area contributed by atoms with Crippen molar-refractivity contribution in [1.82, 2.24) is 14.5 Å². The van der Waals surface area contributed by atoms with Crippen molar-refractivity contribution in [3.05, 3.63) is 84.6 Å². The van der Waals surface area contributed by atoms with Crippen LogP contribution in [0, 0.1) is 6.92 Å². The molecule has 0 spiro atoms. The number of aryl methyl sites for hydroxylation is 1. The van der Waals surface area contributed by atoms with Gasteiger partial charge in [-0.15, -0.1) is 0 Å². The van der Waals surface area contributed by atoms with Crippen molar-refractivity contribution in [3.63, 3.8) is 0 Å². The number of fused-ring (bicyclic) bond motifs is 1. The minimum Gasteiger partial charge on any atom is -0.439 e. The van der Waals surface area contributed by atoms with E-state index in [1.165, 1.54) is 0 Å². The van der Waals surface area contributed by atoms with Crippen LogP contribution in [0.15, 0.2) is 78.5 Å². The molecule has 0 saturated heterocycles. The van der Waals surface area contributed by atoms with Crippen LogP contribution in [0.1, 0.15) is 11.3 Å². The summed E-state index contributed by atoms with van der Waals surface area (Å²) in [4.78, 5) is 8.44. The Kier molecular flexibility index (Phi) is 4.07. The number of pyridine rings is 1. The Morgan fingerprint density at radius 1 is 1.04 bits per heavy atom. The van der Waals surface area contributed by atoms with E-state index in [9.17, 15) is 5.21 Å². The highest BCUT2D eigenvalue weighted by Gasteiger charge is 2.09. The fourth-order valence-corrected chi connectivity index (χ4v) is 2.72. The van der Waals surface area contributed by atoms with Crippen molar-refractivity contribution >= 4 is 16.6 Å². The smallest absolute Gasteiger partial charge is 0.219 e. The average molecular weight is 344 g/mol. The summed E-state index contributed by atoms with van der Waals surface area (Å²) in [6, 6.07) is 17.5. The first-order valence-electron chi connectivity index (χ1n) is 8.09. The summed E-state index contributed by atoms with van der Waals surface area (Å²) in [5.41, 5.74) is 1.48.